The van der Waals surface area contributed by atoms with Gasteiger partial charge in [-0.15, -0.1) is 0 Å². The fourth-order valence-electron chi connectivity index (χ4n) is 6.42. The molecule has 2 aromatic heterocycles. The molecule has 0 saturated carbocycles. The zero-order valence-electron chi connectivity index (χ0n) is 26.2. The van der Waals surface area contributed by atoms with Crippen molar-refractivity contribution in [3.63, 3.8) is 0 Å². The number of alkyl halides is 3. The molecule has 0 spiro atoms. The summed E-state index contributed by atoms with van der Waals surface area (Å²) in [4.78, 5) is 53.5. The summed E-state index contributed by atoms with van der Waals surface area (Å²) in [6.07, 6.45) is -2.35. The lowest BCUT2D eigenvalue weighted by atomic mass is 10.0. The second-order valence-electron chi connectivity index (χ2n) is 11.9. The van der Waals surface area contributed by atoms with Gasteiger partial charge < -0.3 is 30.0 Å². The quantitative estimate of drug-likeness (QED) is 0.179. The van der Waals surface area contributed by atoms with Gasteiger partial charge >= 0.3 is 18.4 Å². The van der Waals surface area contributed by atoms with Gasteiger partial charge in [-0.3, -0.25) is 9.69 Å². The minimum absolute atomic E-state index is 0.0265. The molecule has 0 radical (unpaired) electrons. The Bertz CT molecular complexity index is 1800. The van der Waals surface area contributed by atoms with Crippen LogP contribution in [0.1, 0.15) is 62.0 Å². The first-order valence-corrected chi connectivity index (χ1v) is 15.5. The number of nitrogens with one attached hydrogen (secondary N) is 3. The van der Waals surface area contributed by atoms with E-state index in [0.717, 1.165) is 28.8 Å². The number of likely N-dealkylation sites (tertiary alicyclic amines) is 2. The number of benzene rings is 2. The fourth-order valence-corrected chi connectivity index (χ4v) is 6.42. The largest absolute Gasteiger partial charge is 0.465 e. The number of hydrogen-bond donors (Lipinski definition) is 4. The van der Waals surface area contributed by atoms with Crippen LogP contribution in [0, 0.1) is 0 Å². The van der Waals surface area contributed by atoms with E-state index in [-0.39, 0.29) is 23.1 Å². The molecule has 3 amide bonds. The molecule has 2 fully saturated rings. The smallest absolute Gasteiger partial charge is 0.433 e. The lowest BCUT2D eigenvalue weighted by Gasteiger charge is -2.26. The summed E-state index contributed by atoms with van der Waals surface area (Å²) in [5, 5.41) is 11.9. The highest BCUT2D eigenvalue weighted by Crippen LogP contribution is 2.40. The maximum atomic E-state index is 14.2. The van der Waals surface area contributed by atoms with Crippen molar-refractivity contribution >= 4 is 18.1 Å². The highest BCUT2D eigenvalue weighted by Gasteiger charge is 2.41. The molecule has 2 aliphatic rings. The van der Waals surface area contributed by atoms with E-state index in [4.69, 9.17) is 0 Å². The van der Waals surface area contributed by atoms with Gasteiger partial charge in [-0.1, -0.05) is 48.5 Å². The SMILES string of the molecule is COC(=O)NC(C)C(=O)N1CCC[C@H]1c1nc(-c2ccc(-c3ccc(-c4cnc(C5CCCN5C(=O)O)[nH]4)cc3)cc2)c(C(F)(F)F)[nH]1. The molecule has 2 aromatic carbocycles. The van der Waals surface area contributed by atoms with Crippen LogP contribution in [-0.4, -0.2) is 79.2 Å². The Morgan fingerprint density at radius 3 is 2.04 bits per heavy atom. The zero-order chi connectivity index (χ0) is 34.2. The van der Waals surface area contributed by atoms with Crippen LogP contribution in [0.25, 0.3) is 33.6 Å². The highest BCUT2D eigenvalue weighted by atomic mass is 19.4. The average molecular weight is 666 g/mol. The monoisotopic (exact) mass is 665 g/mol. The van der Waals surface area contributed by atoms with E-state index in [9.17, 15) is 32.7 Å². The molecular formula is C33H34F3N7O5. The number of rotatable bonds is 7. The minimum Gasteiger partial charge on any atom is -0.465 e. The van der Waals surface area contributed by atoms with Crippen LogP contribution in [0.15, 0.2) is 54.7 Å². The molecule has 15 heteroatoms. The van der Waals surface area contributed by atoms with Crippen molar-refractivity contribution in [2.24, 2.45) is 0 Å². The van der Waals surface area contributed by atoms with Crippen LogP contribution in [-0.2, 0) is 15.7 Å². The van der Waals surface area contributed by atoms with Gasteiger partial charge in [0.2, 0.25) is 5.91 Å². The summed E-state index contributed by atoms with van der Waals surface area (Å²) in [6.45, 7) is 2.27. The topological polar surface area (TPSA) is 157 Å². The van der Waals surface area contributed by atoms with Gasteiger partial charge in [0, 0.05) is 18.7 Å². The summed E-state index contributed by atoms with van der Waals surface area (Å²) in [5.41, 5.74) is 2.21. The molecule has 4 aromatic rings. The molecular weight excluding hydrogens is 631 g/mol. The Hall–Kier alpha value is -5.34. The van der Waals surface area contributed by atoms with Crippen molar-refractivity contribution in [3.8, 4) is 33.6 Å². The number of imidazole rings is 2. The van der Waals surface area contributed by atoms with E-state index in [0.29, 0.717) is 38.2 Å². The molecule has 0 bridgehead atoms. The van der Waals surface area contributed by atoms with E-state index in [2.05, 4.69) is 30.0 Å². The molecule has 0 aliphatic carbocycles. The Labute approximate surface area is 273 Å². The number of carboxylic acid groups (broad SMARTS) is 1. The standard InChI is InChI=1S/C33H34F3N7O5/c1-18(38-31(45)48-2)30(44)42-15-3-6-25(42)29-40-26(27(41-29)33(34,35)36)22-13-9-20(10-14-22)19-7-11-21(12-8-19)23-17-37-28(39-23)24-5-4-16-43(24)32(46)47/h7-14,17-18,24-25H,3-6,15-16H2,1-2H3,(H,37,39)(H,38,45)(H,40,41)(H,46,47)/t18?,24?,25-/m0/s1. The molecule has 2 unspecified atom stereocenters. The summed E-state index contributed by atoms with van der Waals surface area (Å²) in [7, 11) is 1.17. The van der Waals surface area contributed by atoms with Crippen LogP contribution < -0.4 is 5.32 Å². The van der Waals surface area contributed by atoms with Crippen molar-refractivity contribution in [2.45, 2.75) is 56.9 Å². The van der Waals surface area contributed by atoms with Crippen molar-refractivity contribution < 1.29 is 37.4 Å². The number of methoxy groups -OCH3 is 1. The second-order valence-corrected chi connectivity index (χ2v) is 11.9. The summed E-state index contributed by atoms with van der Waals surface area (Å²) < 4.78 is 47.2. The number of amides is 3. The van der Waals surface area contributed by atoms with Crippen molar-refractivity contribution in [1.82, 2.24) is 35.1 Å². The average Bonchev–Trinajstić information content (AvgIpc) is 3.89. The van der Waals surface area contributed by atoms with Crippen molar-refractivity contribution in [3.05, 3.63) is 72.1 Å². The number of carbonyl (C=O) groups is 3. The predicted molar refractivity (Wildman–Crippen MR) is 167 cm³/mol. The van der Waals surface area contributed by atoms with Gasteiger partial charge in [0.15, 0.2) is 0 Å². The minimum atomic E-state index is -4.72. The number of aromatic amines is 2. The third-order valence-electron chi connectivity index (χ3n) is 8.84. The van der Waals surface area contributed by atoms with E-state index in [1.54, 1.807) is 30.5 Å². The first-order chi connectivity index (χ1) is 22.9. The van der Waals surface area contributed by atoms with E-state index < -0.39 is 42.0 Å². The molecule has 2 aliphatic heterocycles. The van der Waals surface area contributed by atoms with Gasteiger partial charge in [0.05, 0.1) is 31.1 Å². The summed E-state index contributed by atoms with van der Waals surface area (Å²) in [6, 6.07) is 12.2. The number of nitrogens with zero attached hydrogens (tertiary/aromatic N) is 4. The third-order valence-corrected chi connectivity index (χ3v) is 8.84. The normalized spacial score (nSPS) is 18.6. The second kappa shape index (κ2) is 13.0. The fraction of sp³-hybridized carbons (Fsp3) is 0.364. The molecule has 12 nitrogen and oxygen atoms in total. The number of carbonyl (C=O) groups excluding carboxylic acids is 2. The number of H-pyrrole nitrogens is 2. The van der Waals surface area contributed by atoms with Gasteiger partial charge in [-0.05, 0) is 49.3 Å². The van der Waals surface area contributed by atoms with Crippen LogP contribution in [0.5, 0.6) is 0 Å². The molecule has 4 N–H and O–H groups in total. The molecule has 3 atom stereocenters. The molecule has 2 saturated heterocycles. The first-order valence-electron chi connectivity index (χ1n) is 15.5. The third kappa shape index (κ3) is 6.44. The molecule has 6 rings (SSSR count). The van der Waals surface area contributed by atoms with E-state index >= 15 is 0 Å². The number of halogens is 3. The molecule has 48 heavy (non-hydrogen) atoms. The Kier molecular flexibility index (Phi) is 8.86. The van der Waals surface area contributed by atoms with Gasteiger partial charge in [0.25, 0.3) is 0 Å². The number of alkyl carbamates (subject to hydrolysis) is 1. The van der Waals surface area contributed by atoms with Gasteiger partial charge in [-0.25, -0.2) is 19.6 Å². The summed E-state index contributed by atoms with van der Waals surface area (Å²) in [5.74, 6) is 0.178. The van der Waals surface area contributed by atoms with Crippen molar-refractivity contribution in [1.29, 1.82) is 0 Å². The lowest BCUT2D eigenvalue weighted by Crippen LogP contribution is -2.46. The zero-order valence-corrected chi connectivity index (χ0v) is 26.2. The van der Waals surface area contributed by atoms with E-state index in [1.165, 1.54) is 23.8 Å². The molecule has 4 heterocycles. The van der Waals surface area contributed by atoms with Gasteiger partial charge in [-0.2, -0.15) is 13.2 Å². The van der Waals surface area contributed by atoms with Crippen LogP contribution >= 0.6 is 0 Å². The summed E-state index contributed by atoms with van der Waals surface area (Å²) >= 11 is 0. The maximum Gasteiger partial charge on any atom is 0.433 e. The predicted octanol–water partition coefficient (Wildman–Crippen LogP) is 6.38. The van der Waals surface area contributed by atoms with Crippen LogP contribution in [0.2, 0.25) is 0 Å². The number of hydrogen-bond acceptors (Lipinski definition) is 6. The first kappa shape index (κ1) is 32.6. The lowest BCUT2D eigenvalue weighted by molar-refractivity contribution is -0.140. The Morgan fingerprint density at radius 1 is 0.896 bits per heavy atom. The Balaban J connectivity index is 1.20. The van der Waals surface area contributed by atoms with Crippen LogP contribution in [0.3, 0.4) is 0 Å². The van der Waals surface area contributed by atoms with Crippen LogP contribution in [0.4, 0.5) is 22.8 Å². The highest BCUT2D eigenvalue weighted by molar-refractivity contribution is 5.85. The Morgan fingerprint density at radius 2 is 1.46 bits per heavy atom. The molecule has 252 valence electrons. The maximum absolute atomic E-state index is 14.2. The van der Waals surface area contributed by atoms with Crippen molar-refractivity contribution in [2.75, 3.05) is 20.2 Å². The number of ether oxygens (including phenoxy) is 1. The van der Waals surface area contributed by atoms with Gasteiger partial charge in [0.1, 0.15) is 29.1 Å². The van der Waals surface area contributed by atoms with E-state index in [1.807, 2.05) is 24.3 Å². The number of aromatic nitrogens is 4.